The normalized spacial score (nSPS) is 11.2. The number of hydrogen-bond donors (Lipinski definition) is 0. The number of carbonyl (C=O) groups is 1. The summed E-state index contributed by atoms with van der Waals surface area (Å²) in [5.41, 5.74) is 1.74. The molecule has 0 bridgehead atoms. The molecule has 0 N–H and O–H groups in total. The van der Waals surface area contributed by atoms with Gasteiger partial charge in [-0.05, 0) is 29.8 Å². The van der Waals surface area contributed by atoms with Gasteiger partial charge in [0.2, 0.25) is 0 Å². The third-order valence-corrected chi connectivity index (χ3v) is 3.41. The molecule has 2 rings (SSSR count). The van der Waals surface area contributed by atoms with E-state index in [0.29, 0.717) is 5.56 Å². The Hall–Kier alpha value is -2.57. The maximum atomic E-state index is 12.8. The summed E-state index contributed by atoms with van der Waals surface area (Å²) >= 11 is 0. The van der Waals surface area contributed by atoms with E-state index in [-0.39, 0.29) is 12.1 Å². The lowest BCUT2D eigenvalue weighted by molar-refractivity contribution is -0.141. The van der Waals surface area contributed by atoms with Crippen molar-refractivity contribution in [1.82, 2.24) is 9.88 Å². The summed E-state index contributed by atoms with van der Waals surface area (Å²) in [6.07, 6.45) is -1.71. The molecule has 0 aliphatic heterocycles. The first-order chi connectivity index (χ1) is 11.3. The molecule has 7 heteroatoms. The summed E-state index contributed by atoms with van der Waals surface area (Å²) in [5.74, 6) is -0.675. The highest BCUT2D eigenvalue weighted by Gasteiger charge is 2.33. The number of rotatable bonds is 5. The predicted octanol–water partition coefficient (Wildman–Crippen LogP) is 3.35. The number of alkyl halides is 3. The van der Waals surface area contributed by atoms with E-state index in [2.05, 4.69) is 4.98 Å². The Bertz CT molecular complexity index is 670. The number of amides is 1. The molecular weight excluding hydrogens is 319 g/mol. The molecule has 24 heavy (non-hydrogen) atoms. The Labute approximate surface area is 138 Å². The van der Waals surface area contributed by atoms with Crippen LogP contribution in [0.1, 0.15) is 15.9 Å². The number of hydrogen-bond acceptors (Lipinski definition) is 3. The molecule has 4 nitrogen and oxygen atoms in total. The Morgan fingerprint density at radius 3 is 2.12 bits per heavy atom. The highest BCUT2D eigenvalue weighted by Crippen LogP contribution is 2.21. The van der Waals surface area contributed by atoms with Gasteiger partial charge in [-0.3, -0.25) is 9.78 Å². The molecule has 0 aliphatic carbocycles. The average Bonchev–Trinajstić information content (AvgIpc) is 2.53. The molecule has 0 spiro atoms. The maximum Gasteiger partial charge on any atom is 0.406 e. The Morgan fingerprint density at radius 1 is 1.04 bits per heavy atom. The van der Waals surface area contributed by atoms with Crippen molar-refractivity contribution >= 4 is 11.6 Å². The third kappa shape index (κ3) is 4.97. The highest BCUT2D eigenvalue weighted by molar-refractivity contribution is 5.94. The van der Waals surface area contributed by atoms with Crippen LogP contribution in [0.25, 0.3) is 0 Å². The van der Waals surface area contributed by atoms with Gasteiger partial charge in [-0.2, -0.15) is 13.2 Å². The quantitative estimate of drug-likeness (QED) is 0.839. The van der Waals surface area contributed by atoms with Gasteiger partial charge in [0.25, 0.3) is 5.91 Å². The van der Waals surface area contributed by atoms with Crippen LogP contribution < -0.4 is 4.90 Å². The number of anilines is 1. The zero-order valence-corrected chi connectivity index (χ0v) is 13.4. The van der Waals surface area contributed by atoms with Crippen LogP contribution >= 0.6 is 0 Å². The van der Waals surface area contributed by atoms with Crippen LogP contribution in [0.15, 0.2) is 48.8 Å². The molecule has 1 heterocycles. The van der Waals surface area contributed by atoms with Crippen LogP contribution in [0.2, 0.25) is 0 Å². The minimum Gasteiger partial charge on any atom is -0.378 e. The number of carbonyl (C=O) groups excluding carboxylic acids is 1. The smallest absolute Gasteiger partial charge is 0.378 e. The van der Waals surface area contributed by atoms with E-state index in [4.69, 9.17) is 0 Å². The van der Waals surface area contributed by atoms with Crippen molar-refractivity contribution in [1.29, 1.82) is 0 Å². The molecule has 0 unspecified atom stereocenters. The van der Waals surface area contributed by atoms with Gasteiger partial charge in [-0.25, -0.2) is 0 Å². The van der Waals surface area contributed by atoms with E-state index in [1.165, 1.54) is 24.5 Å². The van der Waals surface area contributed by atoms with Crippen LogP contribution in [0.3, 0.4) is 0 Å². The summed E-state index contributed by atoms with van der Waals surface area (Å²) in [6.45, 7) is -1.42. The molecule has 0 aliphatic rings. The lowest BCUT2D eigenvalue weighted by atomic mass is 10.1. The van der Waals surface area contributed by atoms with Gasteiger partial charge in [0.15, 0.2) is 0 Å². The van der Waals surface area contributed by atoms with E-state index >= 15 is 0 Å². The van der Waals surface area contributed by atoms with Gasteiger partial charge >= 0.3 is 6.18 Å². The molecule has 0 atom stereocenters. The molecular formula is C17H18F3N3O. The fourth-order valence-electron chi connectivity index (χ4n) is 2.21. The molecule has 0 radical (unpaired) electrons. The van der Waals surface area contributed by atoms with Crippen molar-refractivity contribution in [3.8, 4) is 0 Å². The minimum atomic E-state index is -4.47. The summed E-state index contributed by atoms with van der Waals surface area (Å²) < 4.78 is 38.5. The summed E-state index contributed by atoms with van der Waals surface area (Å²) in [6, 6.07) is 9.86. The summed E-state index contributed by atoms with van der Waals surface area (Å²) in [4.78, 5) is 18.8. The average molecular weight is 337 g/mol. The van der Waals surface area contributed by atoms with E-state index < -0.39 is 18.6 Å². The molecule has 1 aromatic heterocycles. The van der Waals surface area contributed by atoms with Gasteiger partial charge in [0.05, 0.1) is 0 Å². The first kappa shape index (κ1) is 17.8. The van der Waals surface area contributed by atoms with Crippen molar-refractivity contribution in [2.45, 2.75) is 12.7 Å². The summed E-state index contributed by atoms with van der Waals surface area (Å²) in [5, 5.41) is 0. The number of halogens is 3. The fraction of sp³-hybridized carbons (Fsp3) is 0.294. The molecule has 2 aromatic rings. The zero-order chi connectivity index (χ0) is 17.7. The van der Waals surface area contributed by atoms with Crippen LogP contribution in [-0.2, 0) is 6.54 Å². The Balaban J connectivity index is 2.21. The van der Waals surface area contributed by atoms with Crippen molar-refractivity contribution in [2.24, 2.45) is 0 Å². The second kappa shape index (κ2) is 7.33. The molecule has 0 saturated carbocycles. The maximum absolute atomic E-state index is 12.8. The molecule has 0 saturated heterocycles. The monoisotopic (exact) mass is 337 g/mol. The minimum absolute atomic E-state index is 0.117. The number of benzene rings is 1. The fourth-order valence-corrected chi connectivity index (χ4v) is 2.21. The topological polar surface area (TPSA) is 36.4 Å². The van der Waals surface area contributed by atoms with E-state index in [1.54, 1.807) is 24.3 Å². The number of nitrogens with zero attached hydrogens (tertiary/aromatic N) is 3. The standard InChI is InChI=1S/C17H18F3N3O/c1-22(2)15-5-3-13(4-6-15)11-23(12-17(18,19)20)16(24)14-7-9-21-10-8-14/h3-10H,11-12H2,1-2H3. The van der Waals surface area contributed by atoms with Crippen molar-refractivity contribution in [3.63, 3.8) is 0 Å². The molecule has 1 aromatic carbocycles. The van der Waals surface area contributed by atoms with Crippen LogP contribution in [0.4, 0.5) is 18.9 Å². The predicted molar refractivity (Wildman–Crippen MR) is 85.8 cm³/mol. The highest BCUT2D eigenvalue weighted by atomic mass is 19.4. The second-order valence-corrected chi connectivity index (χ2v) is 5.57. The molecule has 128 valence electrons. The van der Waals surface area contributed by atoms with Gasteiger partial charge in [-0.1, -0.05) is 12.1 Å². The lowest BCUT2D eigenvalue weighted by Gasteiger charge is -2.24. The van der Waals surface area contributed by atoms with Gasteiger partial charge < -0.3 is 9.80 Å². The van der Waals surface area contributed by atoms with Crippen LogP contribution in [0, 0.1) is 0 Å². The van der Waals surface area contributed by atoms with Crippen LogP contribution in [-0.4, -0.2) is 42.6 Å². The number of pyridine rings is 1. The van der Waals surface area contributed by atoms with E-state index in [0.717, 1.165) is 10.6 Å². The van der Waals surface area contributed by atoms with Crippen molar-refractivity contribution in [2.75, 3.05) is 25.5 Å². The molecule has 1 amide bonds. The van der Waals surface area contributed by atoms with Crippen molar-refractivity contribution < 1.29 is 18.0 Å². The van der Waals surface area contributed by atoms with Gasteiger partial charge in [0.1, 0.15) is 6.54 Å². The first-order valence-electron chi connectivity index (χ1n) is 7.28. The van der Waals surface area contributed by atoms with Gasteiger partial charge in [-0.15, -0.1) is 0 Å². The van der Waals surface area contributed by atoms with Crippen LogP contribution in [0.5, 0.6) is 0 Å². The second-order valence-electron chi connectivity index (χ2n) is 5.57. The zero-order valence-electron chi connectivity index (χ0n) is 13.4. The Kier molecular flexibility index (Phi) is 5.43. The summed E-state index contributed by atoms with van der Waals surface area (Å²) in [7, 11) is 3.75. The first-order valence-corrected chi connectivity index (χ1v) is 7.28. The van der Waals surface area contributed by atoms with Gasteiger partial charge in [0, 0.05) is 44.3 Å². The third-order valence-electron chi connectivity index (χ3n) is 3.41. The van der Waals surface area contributed by atoms with Crippen molar-refractivity contribution in [3.05, 3.63) is 59.9 Å². The largest absolute Gasteiger partial charge is 0.406 e. The SMILES string of the molecule is CN(C)c1ccc(CN(CC(F)(F)F)C(=O)c2ccncc2)cc1. The number of aromatic nitrogens is 1. The van der Waals surface area contributed by atoms with E-state index in [9.17, 15) is 18.0 Å². The van der Waals surface area contributed by atoms with E-state index in [1.807, 2.05) is 19.0 Å². The Morgan fingerprint density at radius 2 is 1.62 bits per heavy atom. The lowest BCUT2D eigenvalue weighted by Crippen LogP contribution is -2.38. The molecule has 0 fully saturated rings.